The van der Waals surface area contributed by atoms with Gasteiger partial charge in [-0.2, -0.15) is 0 Å². The standard InChI is InChI=1S/C39H41FN2O3.CH2O/c1-6-39(5,7-2)24-33-27(4)38(31-21-20-30(23-32(31)40)45-25-28-15-9-8-10-16-28)42(34-18-13-19-35(43)37(34)41-33)36(44)22-29-17-12-11-14-26(29)3;1-2/h6,8-21,23,38,41,43H,1,7,22,24-25H2,2-5H3;1H2. The zero-order valence-corrected chi connectivity index (χ0v) is 27.6. The lowest BCUT2D eigenvalue weighted by Crippen LogP contribution is -2.37. The van der Waals surface area contributed by atoms with E-state index in [-0.39, 0.29) is 23.5 Å². The van der Waals surface area contributed by atoms with Gasteiger partial charge in [0.1, 0.15) is 36.4 Å². The van der Waals surface area contributed by atoms with Gasteiger partial charge < -0.3 is 20.0 Å². The number of amides is 1. The predicted octanol–water partition coefficient (Wildman–Crippen LogP) is 9.24. The summed E-state index contributed by atoms with van der Waals surface area (Å²) in [5.41, 5.74) is 5.41. The van der Waals surface area contributed by atoms with Crippen molar-refractivity contribution < 1.29 is 23.8 Å². The van der Waals surface area contributed by atoms with E-state index in [1.807, 2.05) is 81.3 Å². The minimum Gasteiger partial charge on any atom is -0.506 e. The number of phenols is 1. The van der Waals surface area contributed by atoms with Crippen molar-refractivity contribution in [2.24, 2.45) is 5.41 Å². The number of phenolic OH excluding ortho intramolecular Hbond substituents is 1. The van der Waals surface area contributed by atoms with Gasteiger partial charge in [-0.25, -0.2) is 4.39 Å². The highest BCUT2D eigenvalue weighted by molar-refractivity contribution is 6.01. The quantitative estimate of drug-likeness (QED) is 0.134. The molecule has 0 saturated heterocycles. The molecule has 7 heteroatoms. The summed E-state index contributed by atoms with van der Waals surface area (Å²) in [6.07, 6.45) is 3.43. The smallest absolute Gasteiger partial charge is 0.232 e. The molecule has 5 rings (SSSR count). The number of carbonyl (C=O) groups excluding carboxylic acids is 2. The number of para-hydroxylation sites is 1. The van der Waals surface area contributed by atoms with Crippen LogP contribution in [0.3, 0.4) is 0 Å². The number of ether oxygens (including phenoxy) is 1. The number of anilines is 2. The zero-order valence-electron chi connectivity index (χ0n) is 27.6. The van der Waals surface area contributed by atoms with Crippen LogP contribution in [0.15, 0.2) is 115 Å². The summed E-state index contributed by atoms with van der Waals surface area (Å²) in [5, 5.41) is 14.6. The van der Waals surface area contributed by atoms with Crippen LogP contribution in [-0.2, 0) is 22.6 Å². The molecular weight excluding hydrogens is 591 g/mol. The van der Waals surface area contributed by atoms with Crippen LogP contribution in [0, 0.1) is 18.2 Å². The number of hydrogen-bond acceptors (Lipinski definition) is 5. The van der Waals surface area contributed by atoms with Gasteiger partial charge in [0.25, 0.3) is 0 Å². The fraction of sp³-hybridized carbons (Fsp3) is 0.250. The van der Waals surface area contributed by atoms with Crippen molar-refractivity contribution in [2.75, 3.05) is 10.2 Å². The van der Waals surface area contributed by atoms with Gasteiger partial charge in [-0.1, -0.05) is 80.6 Å². The molecule has 2 N–H and O–H groups in total. The maximum absolute atomic E-state index is 16.3. The Balaban J connectivity index is 0.00000245. The number of aromatic hydroxyl groups is 1. The van der Waals surface area contributed by atoms with E-state index in [1.54, 1.807) is 35.2 Å². The third-order valence-electron chi connectivity index (χ3n) is 8.97. The minimum atomic E-state index is -0.791. The van der Waals surface area contributed by atoms with Crippen molar-refractivity contribution in [1.29, 1.82) is 0 Å². The molecule has 1 aliphatic heterocycles. The topological polar surface area (TPSA) is 78.9 Å². The number of hydrogen-bond donors (Lipinski definition) is 2. The minimum absolute atomic E-state index is 0.00841. The van der Waals surface area contributed by atoms with Gasteiger partial charge in [-0.05, 0) is 78.6 Å². The second-order valence-corrected chi connectivity index (χ2v) is 12.1. The lowest BCUT2D eigenvalue weighted by Gasteiger charge is -2.33. The molecule has 0 bridgehead atoms. The number of halogens is 1. The van der Waals surface area contributed by atoms with E-state index >= 15 is 4.39 Å². The van der Waals surface area contributed by atoms with E-state index in [4.69, 9.17) is 9.53 Å². The molecule has 1 heterocycles. The Morgan fingerprint density at radius 2 is 1.72 bits per heavy atom. The van der Waals surface area contributed by atoms with Crippen molar-refractivity contribution >= 4 is 24.1 Å². The van der Waals surface area contributed by atoms with Crippen LogP contribution < -0.4 is 15.0 Å². The number of carbonyl (C=O) groups is 2. The van der Waals surface area contributed by atoms with Crippen LogP contribution >= 0.6 is 0 Å². The number of nitrogens with zero attached hydrogens (tertiary/aromatic N) is 1. The fourth-order valence-electron chi connectivity index (χ4n) is 5.80. The highest BCUT2D eigenvalue weighted by atomic mass is 19.1. The molecule has 0 saturated carbocycles. The molecule has 47 heavy (non-hydrogen) atoms. The Hall–Kier alpha value is -5.17. The first-order valence-electron chi connectivity index (χ1n) is 15.7. The second kappa shape index (κ2) is 15.4. The zero-order chi connectivity index (χ0) is 34.1. The van der Waals surface area contributed by atoms with Crippen molar-refractivity contribution in [3.63, 3.8) is 0 Å². The number of benzene rings is 4. The Kier molecular flexibility index (Phi) is 11.4. The average molecular weight is 635 g/mol. The van der Waals surface area contributed by atoms with E-state index in [2.05, 4.69) is 25.7 Å². The van der Waals surface area contributed by atoms with Gasteiger partial charge in [0.05, 0.1) is 18.2 Å². The van der Waals surface area contributed by atoms with E-state index < -0.39 is 11.9 Å². The van der Waals surface area contributed by atoms with Crippen LogP contribution in [0.25, 0.3) is 0 Å². The third kappa shape index (κ3) is 7.80. The van der Waals surface area contributed by atoms with E-state index in [0.717, 1.165) is 34.4 Å². The van der Waals surface area contributed by atoms with Crippen LogP contribution in [0.2, 0.25) is 0 Å². The largest absolute Gasteiger partial charge is 0.506 e. The molecule has 6 nitrogen and oxygen atoms in total. The number of nitrogens with one attached hydrogen (secondary N) is 1. The maximum Gasteiger partial charge on any atom is 0.232 e. The molecular formula is C40H43FN2O4. The summed E-state index contributed by atoms with van der Waals surface area (Å²) in [7, 11) is 0. The Morgan fingerprint density at radius 3 is 2.38 bits per heavy atom. The highest BCUT2D eigenvalue weighted by Gasteiger charge is 2.37. The van der Waals surface area contributed by atoms with Crippen molar-refractivity contribution in [3.8, 4) is 11.5 Å². The van der Waals surface area contributed by atoms with E-state index in [0.29, 0.717) is 35.7 Å². The normalized spacial score (nSPS) is 15.3. The highest BCUT2D eigenvalue weighted by Crippen LogP contribution is 2.48. The number of allylic oxidation sites excluding steroid dienone is 2. The summed E-state index contributed by atoms with van der Waals surface area (Å²) in [4.78, 5) is 24.1. The van der Waals surface area contributed by atoms with Gasteiger partial charge in [0.2, 0.25) is 5.91 Å². The summed E-state index contributed by atoms with van der Waals surface area (Å²) in [5.74, 6) is -0.290. The first-order valence-corrected chi connectivity index (χ1v) is 15.7. The average Bonchev–Trinajstić information content (AvgIpc) is 3.21. The molecule has 0 fully saturated rings. The summed E-state index contributed by atoms with van der Waals surface area (Å²) in [6, 6.07) is 26.6. The van der Waals surface area contributed by atoms with Gasteiger partial charge in [0, 0.05) is 17.3 Å². The molecule has 1 aliphatic rings. The molecule has 2 unspecified atom stereocenters. The van der Waals surface area contributed by atoms with E-state index in [9.17, 15) is 9.90 Å². The molecule has 0 aromatic heterocycles. The van der Waals surface area contributed by atoms with Gasteiger partial charge in [-0.3, -0.25) is 9.69 Å². The van der Waals surface area contributed by atoms with Crippen LogP contribution in [0.5, 0.6) is 11.5 Å². The first kappa shape index (κ1) is 34.7. The van der Waals surface area contributed by atoms with Crippen molar-refractivity contribution in [3.05, 3.63) is 143 Å². The third-order valence-corrected chi connectivity index (χ3v) is 8.97. The molecule has 4 aromatic rings. The van der Waals surface area contributed by atoms with Gasteiger partial charge >= 0.3 is 0 Å². The lowest BCUT2D eigenvalue weighted by molar-refractivity contribution is -0.118. The fourth-order valence-corrected chi connectivity index (χ4v) is 5.80. The number of aryl methyl sites for hydroxylation is 1. The molecule has 4 aromatic carbocycles. The van der Waals surface area contributed by atoms with Crippen LogP contribution in [0.1, 0.15) is 61.9 Å². The first-order chi connectivity index (χ1) is 22.6. The molecule has 0 aliphatic carbocycles. The Morgan fingerprint density at radius 1 is 1.02 bits per heavy atom. The number of rotatable bonds is 10. The monoisotopic (exact) mass is 634 g/mol. The number of fused-ring (bicyclic) bond motifs is 1. The summed E-state index contributed by atoms with van der Waals surface area (Å²) in [6.45, 7) is 14.5. The summed E-state index contributed by atoms with van der Waals surface area (Å²) < 4.78 is 22.3. The Bertz CT molecular complexity index is 1750. The Labute approximate surface area is 277 Å². The van der Waals surface area contributed by atoms with E-state index in [1.165, 1.54) is 6.07 Å². The summed E-state index contributed by atoms with van der Waals surface area (Å²) >= 11 is 0. The maximum atomic E-state index is 16.3. The lowest BCUT2D eigenvalue weighted by atomic mass is 9.81. The molecule has 0 spiro atoms. The SMILES string of the molecule is C=CC(C)(CC)CC1=C(C)C(c2ccc(OCc3ccccc3)cc2F)N(C(=O)Cc2ccccc2C)c2cccc(O)c2N1.C=O. The van der Waals surface area contributed by atoms with Crippen molar-refractivity contribution in [1.82, 2.24) is 0 Å². The predicted molar refractivity (Wildman–Crippen MR) is 187 cm³/mol. The van der Waals surface area contributed by atoms with Gasteiger partial charge in [0.15, 0.2) is 0 Å². The molecule has 244 valence electrons. The molecule has 0 radical (unpaired) electrons. The van der Waals surface area contributed by atoms with Crippen LogP contribution in [0.4, 0.5) is 15.8 Å². The van der Waals surface area contributed by atoms with Crippen LogP contribution in [-0.4, -0.2) is 17.8 Å². The van der Waals surface area contributed by atoms with Crippen molar-refractivity contribution in [2.45, 2.75) is 59.6 Å². The van der Waals surface area contributed by atoms with Gasteiger partial charge in [-0.15, -0.1) is 6.58 Å². The molecule has 1 amide bonds. The second-order valence-electron chi connectivity index (χ2n) is 12.1. The molecule has 2 atom stereocenters.